The van der Waals surface area contributed by atoms with Gasteiger partial charge in [0.1, 0.15) is 5.75 Å². The summed E-state index contributed by atoms with van der Waals surface area (Å²) in [7, 11) is 0. The molecule has 3 aromatic rings. The molecular weight excluding hydrogens is 378 g/mol. The number of carbonyl (C=O) groups excluding carboxylic acids is 2. The van der Waals surface area contributed by atoms with Crippen LogP contribution in [-0.2, 0) is 4.79 Å². The van der Waals surface area contributed by atoms with Gasteiger partial charge in [0.2, 0.25) is 0 Å². The van der Waals surface area contributed by atoms with E-state index in [4.69, 9.17) is 4.74 Å². The lowest BCUT2D eigenvalue weighted by atomic mass is 10.1. The van der Waals surface area contributed by atoms with E-state index in [0.717, 1.165) is 10.8 Å². The van der Waals surface area contributed by atoms with Crippen molar-refractivity contribution in [1.29, 1.82) is 0 Å². The molecule has 0 saturated carbocycles. The number of hydrogen-bond donors (Lipinski definition) is 0. The van der Waals surface area contributed by atoms with Gasteiger partial charge in [-0.05, 0) is 26.0 Å². The van der Waals surface area contributed by atoms with Gasteiger partial charge in [0.05, 0.1) is 6.20 Å². The number of pyridine rings is 1. The molecule has 1 aliphatic rings. The van der Waals surface area contributed by atoms with Gasteiger partial charge in [0.15, 0.2) is 6.10 Å². The van der Waals surface area contributed by atoms with E-state index in [0.29, 0.717) is 30.9 Å². The van der Waals surface area contributed by atoms with Crippen LogP contribution < -0.4 is 4.74 Å². The van der Waals surface area contributed by atoms with Crippen LogP contribution in [0.5, 0.6) is 5.75 Å². The Kier molecular flexibility index (Phi) is 5.65. The predicted molar refractivity (Wildman–Crippen MR) is 115 cm³/mol. The molecule has 0 bridgehead atoms. The number of aromatic nitrogens is 1. The predicted octanol–water partition coefficient (Wildman–Crippen LogP) is 3.38. The fourth-order valence-corrected chi connectivity index (χ4v) is 3.89. The lowest BCUT2D eigenvalue weighted by Crippen LogP contribution is -2.57. The standard InChI is InChI=1S/C24H25N3O3/c1-17-16-26(24(29)19-8-4-3-5-9-19)12-13-27(17)23(28)18(2)30-22-15-25-14-20-10-6-7-11-21(20)22/h3-11,14-15,17-18H,12-13,16H2,1-2H3/t17-,18-/m1/s1. The van der Waals surface area contributed by atoms with Gasteiger partial charge in [0, 0.05) is 48.2 Å². The molecule has 1 fully saturated rings. The molecule has 0 spiro atoms. The van der Waals surface area contributed by atoms with Crippen LogP contribution in [0.25, 0.3) is 10.8 Å². The van der Waals surface area contributed by atoms with Crippen molar-refractivity contribution in [2.75, 3.05) is 19.6 Å². The number of piperazine rings is 1. The average molecular weight is 403 g/mol. The first kappa shape index (κ1) is 19.9. The van der Waals surface area contributed by atoms with Crippen molar-refractivity contribution in [2.24, 2.45) is 0 Å². The molecule has 0 radical (unpaired) electrons. The zero-order chi connectivity index (χ0) is 21.1. The van der Waals surface area contributed by atoms with Crippen LogP contribution in [0, 0.1) is 0 Å². The van der Waals surface area contributed by atoms with Crippen molar-refractivity contribution in [1.82, 2.24) is 14.8 Å². The molecule has 6 heteroatoms. The van der Waals surface area contributed by atoms with Crippen LogP contribution in [0.2, 0.25) is 0 Å². The molecule has 2 atom stereocenters. The topological polar surface area (TPSA) is 62.7 Å². The molecule has 154 valence electrons. The van der Waals surface area contributed by atoms with E-state index >= 15 is 0 Å². The third kappa shape index (κ3) is 3.99. The fourth-order valence-electron chi connectivity index (χ4n) is 3.89. The van der Waals surface area contributed by atoms with Crippen molar-refractivity contribution in [2.45, 2.75) is 26.0 Å². The summed E-state index contributed by atoms with van der Waals surface area (Å²) in [5.74, 6) is 0.516. The van der Waals surface area contributed by atoms with Crippen molar-refractivity contribution in [3.63, 3.8) is 0 Å². The van der Waals surface area contributed by atoms with Crippen molar-refractivity contribution in [3.05, 3.63) is 72.6 Å². The Balaban J connectivity index is 1.42. The number of benzene rings is 2. The number of nitrogens with zero attached hydrogens (tertiary/aromatic N) is 3. The molecule has 30 heavy (non-hydrogen) atoms. The normalized spacial score (nSPS) is 17.6. The van der Waals surface area contributed by atoms with Crippen molar-refractivity contribution >= 4 is 22.6 Å². The Labute approximate surface area is 176 Å². The monoisotopic (exact) mass is 403 g/mol. The second-order valence-electron chi connectivity index (χ2n) is 7.62. The minimum Gasteiger partial charge on any atom is -0.479 e. The summed E-state index contributed by atoms with van der Waals surface area (Å²) < 4.78 is 6.00. The molecule has 6 nitrogen and oxygen atoms in total. The average Bonchev–Trinajstić information content (AvgIpc) is 2.79. The number of rotatable bonds is 4. The fraction of sp³-hybridized carbons (Fsp3) is 0.292. The van der Waals surface area contributed by atoms with E-state index in [9.17, 15) is 9.59 Å². The minimum absolute atomic E-state index is 0.000627. The van der Waals surface area contributed by atoms with Crippen LogP contribution in [0.3, 0.4) is 0 Å². The Bertz CT molecular complexity index is 1050. The van der Waals surface area contributed by atoms with Crippen molar-refractivity contribution in [3.8, 4) is 5.75 Å². The lowest BCUT2D eigenvalue weighted by Gasteiger charge is -2.40. The Morgan fingerprint density at radius 1 is 1.03 bits per heavy atom. The maximum Gasteiger partial charge on any atom is 0.263 e. The summed E-state index contributed by atoms with van der Waals surface area (Å²) in [5, 5.41) is 1.90. The summed E-state index contributed by atoms with van der Waals surface area (Å²) >= 11 is 0. The summed E-state index contributed by atoms with van der Waals surface area (Å²) in [6.45, 7) is 5.22. The molecule has 2 aromatic carbocycles. The van der Waals surface area contributed by atoms with E-state index in [-0.39, 0.29) is 17.9 Å². The summed E-state index contributed by atoms with van der Waals surface area (Å²) in [6, 6.07) is 17.0. The lowest BCUT2D eigenvalue weighted by molar-refractivity contribution is -0.142. The zero-order valence-corrected chi connectivity index (χ0v) is 17.2. The Hall–Kier alpha value is -3.41. The van der Waals surface area contributed by atoms with E-state index in [2.05, 4.69) is 4.98 Å². The van der Waals surface area contributed by atoms with Gasteiger partial charge >= 0.3 is 0 Å². The maximum absolute atomic E-state index is 13.1. The third-order valence-corrected chi connectivity index (χ3v) is 5.50. The van der Waals surface area contributed by atoms with E-state index in [1.807, 2.05) is 66.4 Å². The largest absolute Gasteiger partial charge is 0.479 e. The van der Waals surface area contributed by atoms with Crippen molar-refractivity contribution < 1.29 is 14.3 Å². The van der Waals surface area contributed by atoms with Gasteiger partial charge in [-0.2, -0.15) is 0 Å². The van der Waals surface area contributed by atoms with Gasteiger partial charge in [-0.25, -0.2) is 0 Å². The SMILES string of the molecule is C[C@@H]1CN(C(=O)c2ccccc2)CCN1C(=O)[C@@H](C)Oc1cncc2ccccc12. The molecule has 1 saturated heterocycles. The van der Waals surface area contributed by atoms with Gasteiger partial charge in [0.25, 0.3) is 11.8 Å². The molecule has 0 aliphatic carbocycles. The Morgan fingerprint density at radius 2 is 1.77 bits per heavy atom. The highest BCUT2D eigenvalue weighted by atomic mass is 16.5. The number of fused-ring (bicyclic) bond motifs is 1. The van der Waals surface area contributed by atoms with Crippen LogP contribution >= 0.6 is 0 Å². The highest BCUT2D eigenvalue weighted by molar-refractivity contribution is 5.94. The van der Waals surface area contributed by atoms with Gasteiger partial charge in [-0.1, -0.05) is 42.5 Å². The minimum atomic E-state index is -0.642. The maximum atomic E-state index is 13.1. The third-order valence-electron chi connectivity index (χ3n) is 5.50. The molecule has 0 N–H and O–H groups in total. The molecule has 1 aliphatic heterocycles. The molecule has 2 heterocycles. The van der Waals surface area contributed by atoms with E-state index < -0.39 is 6.10 Å². The summed E-state index contributed by atoms with van der Waals surface area (Å²) in [6.07, 6.45) is 2.78. The summed E-state index contributed by atoms with van der Waals surface area (Å²) in [4.78, 5) is 33.6. The highest BCUT2D eigenvalue weighted by Gasteiger charge is 2.33. The van der Waals surface area contributed by atoms with Gasteiger partial charge < -0.3 is 14.5 Å². The molecule has 4 rings (SSSR count). The molecular formula is C24H25N3O3. The van der Waals surface area contributed by atoms with E-state index in [1.165, 1.54) is 0 Å². The van der Waals surface area contributed by atoms with Gasteiger partial charge in [-0.15, -0.1) is 0 Å². The number of amides is 2. The quantitative estimate of drug-likeness (QED) is 0.670. The van der Waals surface area contributed by atoms with Gasteiger partial charge in [-0.3, -0.25) is 14.6 Å². The van der Waals surface area contributed by atoms with Crippen LogP contribution in [0.15, 0.2) is 67.0 Å². The van der Waals surface area contributed by atoms with Crippen LogP contribution in [0.4, 0.5) is 0 Å². The van der Waals surface area contributed by atoms with Crippen LogP contribution in [0.1, 0.15) is 24.2 Å². The Morgan fingerprint density at radius 3 is 2.53 bits per heavy atom. The number of hydrogen-bond acceptors (Lipinski definition) is 4. The number of carbonyl (C=O) groups is 2. The molecule has 2 amide bonds. The zero-order valence-electron chi connectivity index (χ0n) is 17.2. The second kappa shape index (κ2) is 8.53. The van der Waals surface area contributed by atoms with Crippen LogP contribution in [-0.4, -0.2) is 58.4 Å². The highest BCUT2D eigenvalue weighted by Crippen LogP contribution is 2.25. The molecule has 0 unspecified atom stereocenters. The van der Waals surface area contributed by atoms with E-state index in [1.54, 1.807) is 24.2 Å². The first-order chi connectivity index (χ1) is 14.5. The molecule has 1 aromatic heterocycles. The first-order valence-electron chi connectivity index (χ1n) is 10.2. The summed E-state index contributed by atoms with van der Waals surface area (Å²) in [5.41, 5.74) is 0.671. The first-order valence-corrected chi connectivity index (χ1v) is 10.2. The number of ether oxygens (including phenoxy) is 1. The second-order valence-corrected chi connectivity index (χ2v) is 7.62. The smallest absolute Gasteiger partial charge is 0.263 e.